The highest BCUT2D eigenvalue weighted by Gasteiger charge is 2.64. The zero-order valence-electron chi connectivity index (χ0n) is 8.54. The summed E-state index contributed by atoms with van der Waals surface area (Å²) in [5, 5.41) is -2.32. The van der Waals surface area contributed by atoms with Crippen molar-refractivity contribution < 1.29 is 25.8 Å². The van der Waals surface area contributed by atoms with Crippen LogP contribution in [0.5, 0.6) is 0 Å². The summed E-state index contributed by atoms with van der Waals surface area (Å²) in [6.45, 7) is 0. The first-order valence-corrected chi connectivity index (χ1v) is 6.24. The minimum Gasteiger partial charge on any atom is -0.283 e. The zero-order chi connectivity index (χ0) is 12.8. The van der Waals surface area contributed by atoms with Gasteiger partial charge >= 0.3 is 6.18 Å². The van der Waals surface area contributed by atoms with Crippen molar-refractivity contribution in [3.05, 3.63) is 0 Å². The molecule has 9 heteroatoms. The van der Waals surface area contributed by atoms with Crippen LogP contribution < -0.4 is 0 Å². The lowest BCUT2D eigenvalue weighted by atomic mass is 9.60. The van der Waals surface area contributed by atoms with E-state index in [1.54, 1.807) is 0 Å². The maximum absolute atomic E-state index is 12.5. The van der Waals surface area contributed by atoms with E-state index >= 15 is 0 Å². The van der Waals surface area contributed by atoms with E-state index in [0.29, 0.717) is 6.26 Å². The Morgan fingerprint density at radius 2 is 1.75 bits per heavy atom. The second-order valence-electron chi connectivity index (χ2n) is 4.20. The van der Waals surface area contributed by atoms with E-state index in [2.05, 4.69) is 4.18 Å². The van der Waals surface area contributed by atoms with Crippen LogP contribution in [0.3, 0.4) is 0 Å². The highest BCUT2D eigenvalue weighted by Crippen LogP contribution is 2.61. The van der Waals surface area contributed by atoms with E-state index in [4.69, 9.17) is 15.7 Å². The van der Waals surface area contributed by atoms with Gasteiger partial charge in [-0.25, -0.2) is 0 Å². The maximum atomic E-state index is 12.5. The summed E-state index contributed by atoms with van der Waals surface area (Å²) in [4.78, 5) is 0. The standard InChI is InChI=1S/C7H9B2F3O3S/c1-16(13,14)15-6(8,9)4-5(2-3-5)7(10,11)12/h2-4H2,1H3. The first-order chi connectivity index (χ1) is 6.87. The molecule has 4 radical (unpaired) electrons. The Labute approximate surface area is 94.7 Å². The van der Waals surface area contributed by atoms with E-state index in [-0.39, 0.29) is 12.8 Å². The molecule has 0 heterocycles. The summed E-state index contributed by atoms with van der Waals surface area (Å²) >= 11 is 0. The van der Waals surface area contributed by atoms with Crippen molar-refractivity contribution in [3.63, 3.8) is 0 Å². The van der Waals surface area contributed by atoms with Crippen LogP contribution in [0, 0.1) is 5.41 Å². The summed E-state index contributed by atoms with van der Waals surface area (Å²) in [6, 6.07) is 0. The average Bonchev–Trinajstić information content (AvgIpc) is 2.58. The summed E-state index contributed by atoms with van der Waals surface area (Å²) in [7, 11) is 6.41. The highest BCUT2D eigenvalue weighted by molar-refractivity contribution is 7.86. The second-order valence-corrected chi connectivity index (χ2v) is 5.77. The van der Waals surface area contributed by atoms with E-state index in [1.165, 1.54) is 0 Å². The number of alkyl halides is 3. The molecule has 3 nitrogen and oxygen atoms in total. The molecule has 0 unspecified atom stereocenters. The maximum Gasteiger partial charge on any atom is 0.394 e. The van der Waals surface area contributed by atoms with Crippen molar-refractivity contribution >= 4 is 25.8 Å². The van der Waals surface area contributed by atoms with Gasteiger partial charge in [-0.1, -0.05) is 0 Å². The molecule has 1 aliphatic rings. The summed E-state index contributed by atoms with van der Waals surface area (Å²) in [5.41, 5.74) is -2.00. The van der Waals surface area contributed by atoms with Gasteiger partial charge in [0.05, 0.1) is 11.7 Å². The molecule has 0 spiro atoms. The topological polar surface area (TPSA) is 43.4 Å². The van der Waals surface area contributed by atoms with Gasteiger partial charge in [0.25, 0.3) is 10.1 Å². The lowest BCUT2D eigenvalue weighted by Gasteiger charge is -2.31. The molecule has 88 valence electrons. The number of halogens is 3. The van der Waals surface area contributed by atoms with Gasteiger partial charge in [-0.2, -0.15) is 21.6 Å². The van der Waals surface area contributed by atoms with Crippen molar-refractivity contribution in [3.8, 4) is 0 Å². The molecule has 1 saturated carbocycles. The third-order valence-electron chi connectivity index (χ3n) is 2.38. The van der Waals surface area contributed by atoms with E-state index < -0.39 is 33.5 Å². The summed E-state index contributed by atoms with van der Waals surface area (Å²) in [5.74, 6) is 0. The van der Waals surface area contributed by atoms with E-state index in [0.717, 1.165) is 0 Å². The minimum atomic E-state index is -4.45. The van der Waals surface area contributed by atoms with Crippen LogP contribution in [0.4, 0.5) is 13.2 Å². The third-order valence-corrected chi connectivity index (χ3v) is 2.99. The molecule has 0 atom stereocenters. The van der Waals surface area contributed by atoms with Gasteiger partial charge in [-0.3, -0.25) is 4.18 Å². The van der Waals surface area contributed by atoms with Gasteiger partial charge < -0.3 is 0 Å². The third kappa shape index (κ3) is 3.41. The van der Waals surface area contributed by atoms with Crippen LogP contribution in [-0.2, 0) is 14.3 Å². The van der Waals surface area contributed by atoms with Gasteiger partial charge in [0.1, 0.15) is 15.7 Å². The Morgan fingerprint density at radius 1 is 1.31 bits per heavy atom. The van der Waals surface area contributed by atoms with Crippen LogP contribution in [-0.4, -0.2) is 41.9 Å². The highest BCUT2D eigenvalue weighted by atomic mass is 32.2. The van der Waals surface area contributed by atoms with Gasteiger partial charge in [0, 0.05) is 5.40 Å². The van der Waals surface area contributed by atoms with Crippen LogP contribution in [0.2, 0.25) is 0 Å². The molecule has 1 rings (SSSR count). The van der Waals surface area contributed by atoms with Crippen LogP contribution in [0.1, 0.15) is 19.3 Å². The first kappa shape index (κ1) is 13.9. The first-order valence-electron chi connectivity index (χ1n) is 4.42. The number of hydrogen-bond donors (Lipinski definition) is 0. The molecule has 0 saturated heterocycles. The summed E-state index contributed by atoms with van der Waals surface area (Å²) in [6.07, 6.45) is -4.76. The Kier molecular flexibility index (Phi) is 3.18. The molecule has 1 aliphatic carbocycles. The smallest absolute Gasteiger partial charge is 0.283 e. The molecule has 0 bridgehead atoms. The van der Waals surface area contributed by atoms with E-state index in [9.17, 15) is 21.6 Å². The van der Waals surface area contributed by atoms with Gasteiger partial charge in [0.2, 0.25) is 0 Å². The van der Waals surface area contributed by atoms with Crippen molar-refractivity contribution in [2.75, 3.05) is 6.26 Å². The monoisotopic (exact) mass is 252 g/mol. The predicted octanol–water partition coefficient (Wildman–Crippen LogP) is 0.686. The Bertz CT molecular complexity index is 373. The quantitative estimate of drug-likeness (QED) is 0.545. The molecule has 16 heavy (non-hydrogen) atoms. The lowest BCUT2D eigenvalue weighted by Crippen LogP contribution is -2.42. The molecular formula is C7H9B2F3O3S. The molecule has 0 N–H and O–H groups in total. The Hall–Kier alpha value is -0.170. The largest absolute Gasteiger partial charge is 0.394 e. The number of hydrogen-bond acceptors (Lipinski definition) is 3. The molecule has 0 aromatic carbocycles. The fourth-order valence-electron chi connectivity index (χ4n) is 1.55. The molecule has 1 fully saturated rings. The molecule has 0 aromatic heterocycles. The predicted molar refractivity (Wildman–Crippen MR) is 52.5 cm³/mol. The lowest BCUT2D eigenvalue weighted by molar-refractivity contribution is -0.192. The average molecular weight is 252 g/mol. The van der Waals surface area contributed by atoms with Gasteiger partial charge in [0.15, 0.2) is 0 Å². The van der Waals surface area contributed by atoms with Crippen molar-refractivity contribution in [2.45, 2.75) is 30.8 Å². The Balaban J connectivity index is 2.74. The van der Waals surface area contributed by atoms with Crippen LogP contribution in [0.15, 0.2) is 0 Å². The normalized spacial score (nSPS) is 20.8. The molecule has 0 amide bonds. The second kappa shape index (κ2) is 3.66. The van der Waals surface area contributed by atoms with Crippen molar-refractivity contribution in [1.29, 1.82) is 0 Å². The van der Waals surface area contributed by atoms with Gasteiger partial charge in [-0.15, -0.1) is 0 Å². The van der Waals surface area contributed by atoms with E-state index in [1.807, 2.05) is 0 Å². The van der Waals surface area contributed by atoms with Crippen LogP contribution >= 0.6 is 0 Å². The fourth-order valence-corrected chi connectivity index (χ4v) is 2.17. The SMILES string of the molecule is [B]C([B])(CC1(C(F)(F)F)CC1)OS(C)(=O)=O. The molecule has 0 aromatic rings. The molecular weight excluding hydrogens is 243 g/mol. The zero-order valence-corrected chi connectivity index (χ0v) is 9.36. The number of rotatable bonds is 4. The minimum absolute atomic E-state index is 0.111. The van der Waals surface area contributed by atoms with Crippen molar-refractivity contribution in [1.82, 2.24) is 0 Å². The fraction of sp³-hybridized carbons (Fsp3) is 1.00. The Morgan fingerprint density at radius 3 is 2.00 bits per heavy atom. The summed E-state index contributed by atoms with van der Waals surface area (Å²) < 4.78 is 63.3. The van der Waals surface area contributed by atoms with Crippen molar-refractivity contribution in [2.24, 2.45) is 5.41 Å². The van der Waals surface area contributed by atoms with Gasteiger partial charge in [-0.05, 0) is 19.3 Å². The molecule has 0 aliphatic heterocycles. The van der Waals surface area contributed by atoms with Crippen LogP contribution in [0.25, 0.3) is 0 Å².